The topological polar surface area (TPSA) is 78.3 Å². The number of aromatic nitrogens is 1. The molecule has 1 saturated heterocycles. The summed E-state index contributed by atoms with van der Waals surface area (Å²) in [5.41, 5.74) is 1.09. The molecule has 1 fully saturated rings. The molecule has 2 heterocycles. The summed E-state index contributed by atoms with van der Waals surface area (Å²) >= 11 is 0. The average Bonchev–Trinajstić information content (AvgIpc) is 2.51. The molecule has 0 spiro atoms. The van der Waals surface area contributed by atoms with Gasteiger partial charge in [-0.1, -0.05) is 6.07 Å². The number of pyridine rings is 1. The van der Waals surface area contributed by atoms with Gasteiger partial charge in [-0.25, -0.2) is 0 Å². The van der Waals surface area contributed by atoms with E-state index in [1.54, 1.807) is 17.3 Å². The molecular weight excluding hydrogens is 280 g/mol. The standard InChI is InChI=1S/C16H20N4O2/c1-12-10-20(11-13(2)22-12)16(21)15(6-17)9-19-8-14-4-3-5-18-7-14/h3-5,7,9,12-13,19H,8,10-11H2,1-2H3/b15-9-. The Morgan fingerprint density at radius 3 is 2.86 bits per heavy atom. The molecule has 0 aliphatic carbocycles. The van der Waals surface area contributed by atoms with Gasteiger partial charge in [0.15, 0.2) is 0 Å². The van der Waals surface area contributed by atoms with Crippen molar-refractivity contribution in [3.8, 4) is 6.07 Å². The Labute approximate surface area is 130 Å². The lowest BCUT2D eigenvalue weighted by molar-refractivity contribution is -0.138. The van der Waals surface area contributed by atoms with Crippen LogP contribution >= 0.6 is 0 Å². The van der Waals surface area contributed by atoms with Crippen molar-refractivity contribution in [3.63, 3.8) is 0 Å². The third-order valence-electron chi connectivity index (χ3n) is 3.33. The first-order valence-electron chi connectivity index (χ1n) is 7.27. The van der Waals surface area contributed by atoms with E-state index in [4.69, 9.17) is 4.74 Å². The van der Waals surface area contributed by atoms with Gasteiger partial charge < -0.3 is 15.0 Å². The van der Waals surface area contributed by atoms with Gasteiger partial charge in [0.05, 0.1) is 12.2 Å². The van der Waals surface area contributed by atoms with Crippen LogP contribution in [0.25, 0.3) is 0 Å². The number of carbonyl (C=O) groups is 1. The fourth-order valence-corrected chi connectivity index (χ4v) is 2.43. The molecule has 6 heteroatoms. The second-order valence-corrected chi connectivity index (χ2v) is 5.38. The van der Waals surface area contributed by atoms with Crippen molar-refractivity contribution in [1.29, 1.82) is 5.26 Å². The highest BCUT2D eigenvalue weighted by Gasteiger charge is 2.27. The summed E-state index contributed by atoms with van der Waals surface area (Å²) in [5, 5.41) is 12.2. The highest BCUT2D eigenvalue weighted by atomic mass is 16.5. The van der Waals surface area contributed by atoms with Crippen molar-refractivity contribution < 1.29 is 9.53 Å². The van der Waals surface area contributed by atoms with E-state index >= 15 is 0 Å². The number of ether oxygens (including phenoxy) is 1. The molecule has 1 aliphatic rings. The molecule has 2 unspecified atom stereocenters. The van der Waals surface area contributed by atoms with Gasteiger partial charge in [0, 0.05) is 38.2 Å². The van der Waals surface area contributed by atoms with Crippen LogP contribution in [0, 0.1) is 11.3 Å². The summed E-state index contributed by atoms with van der Waals surface area (Å²) in [6.45, 7) is 5.37. The minimum absolute atomic E-state index is 0.0176. The van der Waals surface area contributed by atoms with Crippen LogP contribution in [0.2, 0.25) is 0 Å². The molecule has 0 aromatic carbocycles. The summed E-state index contributed by atoms with van der Waals surface area (Å²) < 4.78 is 5.60. The second-order valence-electron chi connectivity index (χ2n) is 5.38. The number of nitrogens with zero attached hydrogens (tertiary/aromatic N) is 3. The highest BCUT2D eigenvalue weighted by Crippen LogP contribution is 2.13. The van der Waals surface area contributed by atoms with E-state index in [-0.39, 0.29) is 23.7 Å². The Kier molecular flexibility index (Phi) is 5.50. The number of rotatable bonds is 4. The van der Waals surface area contributed by atoms with Gasteiger partial charge in [0.25, 0.3) is 5.91 Å². The monoisotopic (exact) mass is 300 g/mol. The number of nitrogens with one attached hydrogen (secondary N) is 1. The second kappa shape index (κ2) is 7.57. The molecule has 2 rings (SSSR count). The first-order chi connectivity index (χ1) is 10.6. The van der Waals surface area contributed by atoms with Gasteiger partial charge in [0.1, 0.15) is 11.6 Å². The first kappa shape index (κ1) is 16.0. The van der Waals surface area contributed by atoms with Crippen LogP contribution in [0.4, 0.5) is 0 Å². The van der Waals surface area contributed by atoms with E-state index < -0.39 is 0 Å². The molecule has 0 bridgehead atoms. The maximum Gasteiger partial charge on any atom is 0.266 e. The fourth-order valence-electron chi connectivity index (χ4n) is 2.43. The molecule has 0 radical (unpaired) electrons. The predicted molar refractivity (Wildman–Crippen MR) is 81.4 cm³/mol. The molecule has 2 atom stereocenters. The van der Waals surface area contributed by atoms with Crippen molar-refractivity contribution in [2.24, 2.45) is 0 Å². The lowest BCUT2D eigenvalue weighted by Gasteiger charge is -2.35. The van der Waals surface area contributed by atoms with E-state index in [2.05, 4.69) is 10.3 Å². The Bertz CT molecular complexity index is 570. The number of morpholine rings is 1. The van der Waals surface area contributed by atoms with Crippen LogP contribution in [-0.4, -0.2) is 41.1 Å². The summed E-state index contributed by atoms with van der Waals surface area (Å²) in [6.07, 6.45) is 4.87. The zero-order chi connectivity index (χ0) is 15.9. The van der Waals surface area contributed by atoms with Crippen LogP contribution in [-0.2, 0) is 16.1 Å². The molecule has 1 N–H and O–H groups in total. The van der Waals surface area contributed by atoms with Crippen molar-refractivity contribution in [3.05, 3.63) is 41.9 Å². The lowest BCUT2D eigenvalue weighted by atomic mass is 10.2. The maximum absolute atomic E-state index is 12.4. The number of hydrogen-bond donors (Lipinski definition) is 1. The number of nitriles is 1. The first-order valence-corrected chi connectivity index (χ1v) is 7.27. The number of hydrogen-bond acceptors (Lipinski definition) is 5. The number of carbonyl (C=O) groups excluding carboxylic acids is 1. The van der Waals surface area contributed by atoms with Gasteiger partial charge in [-0.3, -0.25) is 9.78 Å². The normalized spacial score (nSPS) is 22.0. The molecule has 1 aromatic rings. The maximum atomic E-state index is 12.4. The third kappa shape index (κ3) is 4.30. The van der Waals surface area contributed by atoms with E-state index in [1.165, 1.54) is 6.20 Å². The Balaban J connectivity index is 1.96. The minimum atomic E-state index is -0.261. The SMILES string of the molecule is CC1CN(C(=O)/C(C#N)=C\NCc2cccnc2)CC(C)O1. The Morgan fingerprint density at radius 1 is 1.55 bits per heavy atom. The average molecular weight is 300 g/mol. The zero-order valence-corrected chi connectivity index (χ0v) is 12.8. The van der Waals surface area contributed by atoms with Gasteiger partial charge in [-0.15, -0.1) is 0 Å². The quantitative estimate of drug-likeness (QED) is 0.668. The van der Waals surface area contributed by atoms with Gasteiger partial charge in [0.2, 0.25) is 0 Å². The highest BCUT2D eigenvalue weighted by molar-refractivity contribution is 5.97. The van der Waals surface area contributed by atoms with Gasteiger partial charge >= 0.3 is 0 Å². The van der Waals surface area contributed by atoms with Crippen molar-refractivity contribution in [2.45, 2.75) is 32.6 Å². The van der Waals surface area contributed by atoms with Gasteiger partial charge in [-0.05, 0) is 25.5 Å². The molecule has 1 aliphatic heterocycles. The van der Waals surface area contributed by atoms with E-state index in [0.717, 1.165) is 5.56 Å². The summed E-state index contributed by atoms with van der Waals surface area (Å²) in [4.78, 5) is 18.1. The van der Waals surface area contributed by atoms with Crippen molar-refractivity contribution in [2.75, 3.05) is 13.1 Å². The van der Waals surface area contributed by atoms with Crippen molar-refractivity contribution in [1.82, 2.24) is 15.2 Å². The third-order valence-corrected chi connectivity index (χ3v) is 3.33. The van der Waals surface area contributed by atoms with Gasteiger partial charge in [-0.2, -0.15) is 5.26 Å². The van der Waals surface area contributed by atoms with E-state index in [9.17, 15) is 10.1 Å². The van der Waals surface area contributed by atoms with E-state index in [0.29, 0.717) is 19.6 Å². The van der Waals surface area contributed by atoms with Crippen LogP contribution in [0.15, 0.2) is 36.3 Å². The molecule has 0 saturated carbocycles. The summed E-state index contributed by atoms with van der Waals surface area (Å²) in [5.74, 6) is -0.261. The minimum Gasteiger partial charge on any atom is -0.386 e. The molecule has 1 amide bonds. The van der Waals surface area contributed by atoms with Crippen LogP contribution < -0.4 is 5.32 Å². The largest absolute Gasteiger partial charge is 0.386 e. The fraction of sp³-hybridized carbons (Fsp3) is 0.438. The lowest BCUT2D eigenvalue weighted by Crippen LogP contribution is -2.48. The van der Waals surface area contributed by atoms with Crippen molar-refractivity contribution >= 4 is 5.91 Å². The Morgan fingerprint density at radius 2 is 2.27 bits per heavy atom. The van der Waals surface area contributed by atoms with Crippen LogP contribution in [0.1, 0.15) is 19.4 Å². The predicted octanol–water partition coefficient (Wildman–Crippen LogP) is 1.21. The molecule has 6 nitrogen and oxygen atoms in total. The smallest absolute Gasteiger partial charge is 0.266 e. The Hall–Kier alpha value is -2.39. The summed E-state index contributed by atoms with van der Waals surface area (Å²) in [6, 6.07) is 5.73. The number of amides is 1. The molecule has 116 valence electrons. The molecular formula is C16H20N4O2. The summed E-state index contributed by atoms with van der Waals surface area (Å²) in [7, 11) is 0. The van der Waals surface area contributed by atoms with E-state index in [1.807, 2.05) is 32.0 Å². The zero-order valence-electron chi connectivity index (χ0n) is 12.8. The van der Waals surface area contributed by atoms with Crippen LogP contribution in [0.3, 0.4) is 0 Å². The molecule has 22 heavy (non-hydrogen) atoms. The van der Waals surface area contributed by atoms with Crippen LogP contribution in [0.5, 0.6) is 0 Å². The molecule has 1 aromatic heterocycles.